The summed E-state index contributed by atoms with van der Waals surface area (Å²) in [7, 11) is 1.73. The summed E-state index contributed by atoms with van der Waals surface area (Å²) < 4.78 is 10.6. The van der Waals surface area contributed by atoms with E-state index in [1.54, 1.807) is 7.11 Å². The summed E-state index contributed by atoms with van der Waals surface area (Å²) in [5.74, 6) is 1.85. The molecular weight excluding hydrogens is 206 g/mol. The van der Waals surface area contributed by atoms with Crippen LogP contribution in [0.25, 0.3) is 0 Å². The lowest BCUT2D eigenvalue weighted by Gasteiger charge is -2.04. The van der Waals surface area contributed by atoms with E-state index < -0.39 is 0 Å². The van der Waals surface area contributed by atoms with Gasteiger partial charge in [0, 0.05) is 19.6 Å². The van der Waals surface area contributed by atoms with Gasteiger partial charge < -0.3 is 14.6 Å². The first-order chi connectivity index (χ1) is 7.74. The van der Waals surface area contributed by atoms with Crippen molar-refractivity contribution in [3.05, 3.63) is 11.7 Å². The van der Waals surface area contributed by atoms with Crippen LogP contribution in [0.15, 0.2) is 4.52 Å². The van der Waals surface area contributed by atoms with Crippen molar-refractivity contribution in [1.82, 2.24) is 15.5 Å². The number of rotatable bonds is 4. The summed E-state index contributed by atoms with van der Waals surface area (Å²) in [4.78, 5) is 4.44. The lowest BCUT2D eigenvalue weighted by molar-refractivity contribution is 0.116. The second-order valence-electron chi connectivity index (χ2n) is 4.35. The van der Waals surface area contributed by atoms with Crippen LogP contribution in [0.1, 0.15) is 50.4 Å². The van der Waals surface area contributed by atoms with E-state index >= 15 is 0 Å². The number of nitrogens with zero attached hydrogens (tertiary/aromatic N) is 2. The van der Waals surface area contributed by atoms with Gasteiger partial charge in [-0.2, -0.15) is 4.98 Å². The molecular formula is C11H19N3O2. The molecule has 2 heterocycles. The summed E-state index contributed by atoms with van der Waals surface area (Å²) in [6.07, 6.45) is 2.18. The Kier molecular flexibility index (Phi) is 3.56. The van der Waals surface area contributed by atoms with Gasteiger partial charge in [0.05, 0.1) is 12.1 Å². The minimum Gasteiger partial charge on any atom is -0.380 e. The van der Waals surface area contributed by atoms with Crippen LogP contribution in [0.3, 0.4) is 0 Å². The van der Waals surface area contributed by atoms with E-state index in [0.29, 0.717) is 11.8 Å². The zero-order chi connectivity index (χ0) is 11.5. The molecule has 0 saturated carbocycles. The quantitative estimate of drug-likeness (QED) is 0.844. The molecule has 0 spiro atoms. The first kappa shape index (κ1) is 11.5. The van der Waals surface area contributed by atoms with Crippen LogP contribution in [0, 0.1) is 0 Å². The molecule has 1 aromatic rings. The molecule has 5 heteroatoms. The smallest absolute Gasteiger partial charge is 0.243 e. The molecule has 1 unspecified atom stereocenters. The third-order valence-corrected chi connectivity index (χ3v) is 3.23. The van der Waals surface area contributed by atoms with Crippen molar-refractivity contribution in [2.24, 2.45) is 0 Å². The number of methoxy groups -OCH3 is 1. The van der Waals surface area contributed by atoms with Gasteiger partial charge >= 0.3 is 0 Å². The average molecular weight is 225 g/mol. The van der Waals surface area contributed by atoms with Gasteiger partial charge in [-0.15, -0.1) is 0 Å². The van der Waals surface area contributed by atoms with E-state index in [4.69, 9.17) is 9.26 Å². The standard InChI is InChI=1S/C11H19N3O2/c1-4-7(2)10-13-11(16-14-10)9-5-8(15-3)6-12-9/h7-9,12H,4-6H2,1-3H3/t7?,8-,9+/m0/s1. The highest BCUT2D eigenvalue weighted by Crippen LogP contribution is 2.25. The third kappa shape index (κ3) is 2.25. The fraction of sp³-hybridized carbons (Fsp3) is 0.818. The van der Waals surface area contributed by atoms with Gasteiger partial charge in [0.25, 0.3) is 0 Å². The van der Waals surface area contributed by atoms with Crippen molar-refractivity contribution < 1.29 is 9.26 Å². The molecule has 1 aromatic heterocycles. The van der Waals surface area contributed by atoms with Gasteiger partial charge in [0.2, 0.25) is 5.89 Å². The molecule has 0 bridgehead atoms. The van der Waals surface area contributed by atoms with Gasteiger partial charge in [-0.05, 0) is 12.8 Å². The maximum absolute atomic E-state index is 5.29. The Labute approximate surface area is 95.6 Å². The highest BCUT2D eigenvalue weighted by atomic mass is 16.5. The van der Waals surface area contributed by atoms with E-state index in [9.17, 15) is 0 Å². The van der Waals surface area contributed by atoms with Crippen molar-refractivity contribution in [1.29, 1.82) is 0 Å². The predicted octanol–water partition coefficient (Wildman–Crippen LogP) is 1.63. The number of ether oxygens (including phenoxy) is 1. The van der Waals surface area contributed by atoms with Gasteiger partial charge in [0.15, 0.2) is 5.82 Å². The predicted molar refractivity (Wildman–Crippen MR) is 59.2 cm³/mol. The number of hydrogen-bond acceptors (Lipinski definition) is 5. The van der Waals surface area contributed by atoms with Crippen LogP contribution in [0.5, 0.6) is 0 Å². The van der Waals surface area contributed by atoms with Gasteiger partial charge in [0.1, 0.15) is 0 Å². The minimum atomic E-state index is 0.148. The molecule has 0 aliphatic carbocycles. The Hall–Kier alpha value is -0.940. The molecule has 1 fully saturated rings. The Balaban J connectivity index is 2.02. The molecule has 0 amide bonds. The van der Waals surface area contributed by atoms with Gasteiger partial charge in [-0.1, -0.05) is 19.0 Å². The van der Waals surface area contributed by atoms with Crippen molar-refractivity contribution in [3.8, 4) is 0 Å². The molecule has 2 rings (SSSR count). The molecule has 0 radical (unpaired) electrons. The largest absolute Gasteiger partial charge is 0.380 e. The van der Waals surface area contributed by atoms with Crippen molar-refractivity contribution in [2.45, 2.75) is 44.8 Å². The number of aromatic nitrogens is 2. The minimum absolute atomic E-state index is 0.148. The summed E-state index contributed by atoms with van der Waals surface area (Å²) >= 11 is 0. The molecule has 3 atom stereocenters. The van der Waals surface area contributed by atoms with Crippen molar-refractivity contribution in [3.63, 3.8) is 0 Å². The lowest BCUT2D eigenvalue weighted by atomic mass is 10.1. The molecule has 90 valence electrons. The van der Waals surface area contributed by atoms with Gasteiger partial charge in [-0.25, -0.2) is 0 Å². The van der Waals surface area contributed by atoms with Crippen LogP contribution < -0.4 is 5.32 Å². The van der Waals surface area contributed by atoms with Crippen LogP contribution in [-0.4, -0.2) is 29.9 Å². The van der Waals surface area contributed by atoms with E-state index in [0.717, 1.165) is 25.2 Å². The van der Waals surface area contributed by atoms with E-state index in [1.807, 2.05) is 0 Å². The normalized spacial score (nSPS) is 27.2. The molecule has 5 nitrogen and oxygen atoms in total. The Morgan fingerprint density at radius 3 is 3.06 bits per heavy atom. The second-order valence-corrected chi connectivity index (χ2v) is 4.35. The first-order valence-corrected chi connectivity index (χ1v) is 5.84. The molecule has 1 aliphatic heterocycles. The SMILES string of the molecule is CCC(C)c1noc([C@H]2C[C@H](OC)CN2)n1. The Morgan fingerprint density at radius 2 is 2.44 bits per heavy atom. The van der Waals surface area contributed by atoms with E-state index in [1.165, 1.54) is 0 Å². The van der Waals surface area contributed by atoms with E-state index in [2.05, 4.69) is 29.3 Å². The summed E-state index contributed by atoms with van der Waals surface area (Å²) in [6.45, 7) is 5.08. The van der Waals surface area contributed by atoms with E-state index in [-0.39, 0.29) is 12.1 Å². The molecule has 1 N–H and O–H groups in total. The first-order valence-electron chi connectivity index (χ1n) is 5.84. The molecule has 1 aliphatic rings. The Morgan fingerprint density at radius 1 is 1.62 bits per heavy atom. The third-order valence-electron chi connectivity index (χ3n) is 3.23. The maximum Gasteiger partial charge on any atom is 0.243 e. The fourth-order valence-corrected chi connectivity index (χ4v) is 1.84. The molecule has 16 heavy (non-hydrogen) atoms. The summed E-state index contributed by atoms with van der Waals surface area (Å²) in [5.41, 5.74) is 0. The van der Waals surface area contributed by atoms with Gasteiger partial charge in [-0.3, -0.25) is 0 Å². The van der Waals surface area contributed by atoms with Crippen LogP contribution in [0.4, 0.5) is 0 Å². The molecule has 0 aromatic carbocycles. The average Bonchev–Trinajstić information content (AvgIpc) is 2.95. The Bertz CT molecular complexity index is 340. The zero-order valence-corrected chi connectivity index (χ0v) is 10.1. The number of hydrogen-bond donors (Lipinski definition) is 1. The monoisotopic (exact) mass is 225 g/mol. The topological polar surface area (TPSA) is 60.2 Å². The van der Waals surface area contributed by atoms with Crippen LogP contribution in [-0.2, 0) is 4.74 Å². The zero-order valence-electron chi connectivity index (χ0n) is 10.1. The lowest BCUT2D eigenvalue weighted by Crippen LogP contribution is -2.16. The second kappa shape index (κ2) is 4.93. The fourth-order valence-electron chi connectivity index (χ4n) is 1.84. The summed E-state index contributed by atoms with van der Waals surface area (Å²) in [6, 6.07) is 0.148. The van der Waals surface area contributed by atoms with Crippen LogP contribution >= 0.6 is 0 Å². The number of nitrogens with one attached hydrogen (secondary N) is 1. The summed E-state index contributed by atoms with van der Waals surface area (Å²) in [5, 5.41) is 7.34. The molecule has 1 saturated heterocycles. The van der Waals surface area contributed by atoms with Crippen molar-refractivity contribution >= 4 is 0 Å². The maximum atomic E-state index is 5.29. The highest BCUT2D eigenvalue weighted by molar-refractivity contribution is 5.00. The highest BCUT2D eigenvalue weighted by Gasteiger charge is 2.29. The van der Waals surface area contributed by atoms with Crippen molar-refractivity contribution in [2.75, 3.05) is 13.7 Å². The van der Waals surface area contributed by atoms with Crippen LogP contribution in [0.2, 0.25) is 0 Å².